The molecular weight excluding hydrogens is 262 g/mol. The van der Waals surface area contributed by atoms with Crippen molar-refractivity contribution in [1.82, 2.24) is 15.2 Å². The molecule has 0 unspecified atom stereocenters. The van der Waals surface area contributed by atoms with Gasteiger partial charge in [-0.05, 0) is 33.9 Å². The summed E-state index contributed by atoms with van der Waals surface area (Å²) in [4.78, 5) is 18.5. The van der Waals surface area contributed by atoms with E-state index in [0.29, 0.717) is 12.2 Å². The van der Waals surface area contributed by atoms with Crippen LogP contribution in [-0.4, -0.2) is 55.2 Å². The van der Waals surface area contributed by atoms with Crippen LogP contribution < -0.4 is 5.32 Å². The van der Waals surface area contributed by atoms with Gasteiger partial charge in [-0.3, -0.25) is 4.79 Å². The molecule has 1 aliphatic heterocycles. The molecule has 1 aromatic heterocycles. The molecule has 0 bridgehead atoms. The Balaban J connectivity index is 1.97. The molecular formula is C13H21N3O2S. The fourth-order valence-electron chi connectivity index (χ4n) is 2.34. The molecule has 0 saturated carbocycles. The third-order valence-electron chi connectivity index (χ3n) is 3.80. The van der Waals surface area contributed by atoms with Crippen molar-refractivity contribution in [2.45, 2.75) is 25.3 Å². The summed E-state index contributed by atoms with van der Waals surface area (Å²) in [5.74, 6) is -0.0860. The van der Waals surface area contributed by atoms with Crippen LogP contribution in [0.5, 0.6) is 0 Å². The Hall–Kier alpha value is -0.980. The summed E-state index contributed by atoms with van der Waals surface area (Å²) in [7, 11) is 4.12. The summed E-state index contributed by atoms with van der Waals surface area (Å²) in [6.45, 7) is 4.05. The number of amides is 1. The number of thiazole rings is 1. The number of hydrogen-bond donors (Lipinski definition) is 1. The van der Waals surface area contributed by atoms with Crippen molar-refractivity contribution in [2.75, 3.05) is 33.9 Å². The smallest absolute Gasteiger partial charge is 0.270 e. The molecule has 0 atom stereocenters. The fourth-order valence-corrected chi connectivity index (χ4v) is 2.93. The van der Waals surface area contributed by atoms with Crippen LogP contribution in [0.1, 0.15) is 28.3 Å². The lowest BCUT2D eigenvalue weighted by Gasteiger charge is -2.42. The first-order chi connectivity index (χ1) is 9.03. The van der Waals surface area contributed by atoms with Gasteiger partial charge in [0.15, 0.2) is 0 Å². The Morgan fingerprint density at radius 3 is 2.74 bits per heavy atom. The maximum Gasteiger partial charge on any atom is 0.270 e. The van der Waals surface area contributed by atoms with Gasteiger partial charge in [0.25, 0.3) is 5.91 Å². The van der Waals surface area contributed by atoms with Crippen molar-refractivity contribution >= 4 is 17.2 Å². The number of nitrogens with one attached hydrogen (secondary N) is 1. The molecule has 0 radical (unpaired) electrons. The Labute approximate surface area is 118 Å². The van der Waals surface area contributed by atoms with Crippen LogP contribution in [0.3, 0.4) is 0 Å². The van der Waals surface area contributed by atoms with Crippen molar-refractivity contribution in [1.29, 1.82) is 0 Å². The Morgan fingerprint density at radius 2 is 2.21 bits per heavy atom. The van der Waals surface area contributed by atoms with Crippen LogP contribution in [0.15, 0.2) is 5.38 Å². The molecule has 1 aliphatic rings. The van der Waals surface area contributed by atoms with Gasteiger partial charge in [-0.15, -0.1) is 11.3 Å². The van der Waals surface area contributed by atoms with Gasteiger partial charge in [0.2, 0.25) is 0 Å². The second kappa shape index (κ2) is 5.98. The maximum absolute atomic E-state index is 12.0. The summed E-state index contributed by atoms with van der Waals surface area (Å²) in [5.41, 5.74) is 0.516. The number of likely N-dealkylation sites (N-methyl/N-ethyl adjacent to an activating group) is 1. The molecule has 106 valence electrons. The van der Waals surface area contributed by atoms with Gasteiger partial charge in [0, 0.05) is 30.7 Å². The van der Waals surface area contributed by atoms with E-state index in [4.69, 9.17) is 4.74 Å². The molecule has 19 heavy (non-hydrogen) atoms. The van der Waals surface area contributed by atoms with E-state index in [1.165, 1.54) is 11.3 Å². The molecule has 1 fully saturated rings. The van der Waals surface area contributed by atoms with Crippen LogP contribution in [0.2, 0.25) is 0 Å². The molecule has 2 rings (SSSR count). The van der Waals surface area contributed by atoms with Crippen LogP contribution >= 0.6 is 11.3 Å². The van der Waals surface area contributed by atoms with Gasteiger partial charge in [0.1, 0.15) is 5.69 Å². The number of ether oxygens (including phenoxy) is 1. The van der Waals surface area contributed by atoms with E-state index in [1.54, 1.807) is 5.38 Å². The molecule has 1 aromatic rings. The van der Waals surface area contributed by atoms with Crippen LogP contribution in [-0.2, 0) is 4.74 Å². The van der Waals surface area contributed by atoms with Crippen molar-refractivity contribution in [3.63, 3.8) is 0 Å². The minimum atomic E-state index is -0.0860. The van der Waals surface area contributed by atoms with Gasteiger partial charge in [-0.1, -0.05) is 0 Å². The lowest BCUT2D eigenvalue weighted by atomic mass is 9.88. The highest BCUT2D eigenvalue weighted by Gasteiger charge is 2.35. The number of aromatic nitrogens is 1. The SMILES string of the molecule is Cc1nc(C(=O)NCC2(N(C)C)CCOCC2)cs1. The maximum atomic E-state index is 12.0. The lowest BCUT2D eigenvalue weighted by Crippen LogP contribution is -2.55. The average molecular weight is 283 g/mol. The topological polar surface area (TPSA) is 54.5 Å². The van der Waals surface area contributed by atoms with Crippen molar-refractivity contribution in [3.05, 3.63) is 16.1 Å². The zero-order chi connectivity index (χ0) is 13.9. The summed E-state index contributed by atoms with van der Waals surface area (Å²) < 4.78 is 5.42. The third kappa shape index (κ3) is 3.32. The minimum absolute atomic E-state index is 0.00102. The standard InChI is InChI=1S/C13H21N3O2S/c1-10-15-11(8-19-10)12(17)14-9-13(16(2)3)4-6-18-7-5-13/h8H,4-7,9H2,1-3H3,(H,14,17). The van der Waals surface area contributed by atoms with E-state index in [-0.39, 0.29) is 11.4 Å². The molecule has 0 spiro atoms. The summed E-state index contributed by atoms with van der Waals surface area (Å²) >= 11 is 1.50. The fraction of sp³-hybridized carbons (Fsp3) is 0.692. The molecule has 0 aliphatic carbocycles. The quantitative estimate of drug-likeness (QED) is 0.905. The lowest BCUT2D eigenvalue weighted by molar-refractivity contribution is -0.00659. The third-order valence-corrected chi connectivity index (χ3v) is 4.58. The zero-order valence-corrected chi connectivity index (χ0v) is 12.5. The van der Waals surface area contributed by atoms with E-state index < -0.39 is 0 Å². The Morgan fingerprint density at radius 1 is 1.53 bits per heavy atom. The van der Waals surface area contributed by atoms with E-state index in [9.17, 15) is 4.79 Å². The molecule has 0 aromatic carbocycles. The molecule has 2 heterocycles. The van der Waals surface area contributed by atoms with Gasteiger partial charge >= 0.3 is 0 Å². The highest BCUT2D eigenvalue weighted by atomic mass is 32.1. The van der Waals surface area contributed by atoms with Gasteiger partial charge in [-0.25, -0.2) is 4.98 Å². The van der Waals surface area contributed by atoms with Crippen molar-refractivity contribution in [3.8, 4) is 0 Å². The first kappa shape index (κ1) is 14.4. The number of carbonyl (C=O) groups excluding carboxylic acids is 1. The van der Waals surface area contributed by atoms with Gasteiger partial charge in [0.05, 0.1) is 5.01 Å². The second-order valence-electron chi connectivity index (χ2n) is 5.17. The highest BCUT2D eigenvalue weighted by molar-refractivity contribution is 7.09. The van der Waals surface area contributed by atoms with E-state index in [0.717, 1.165) is 31.1 Å². The van der Waals surface area contributed by atoms with Gasteiger partial charge in [-0.2, -0.15) is 0 Å². The van der Waals surface area contributed by atoms with Crippen LogP contribution in [0.25, 0.3) is 0 Å². The van der Waals surface area contributed by atoms with E-state index in [1.807, 2.05) is 6.92 Å². The number of rotatable bonds is 4. The number of hydrogen-bond acceptors (Lipinski definition) is 5. The van der Waals surface area contributed by atoms with Gasteiger partial charge < -0.3 is 15.0 Å². The zero-order valence-electron chi connectivity index (χ0n) is 11.7. The van der Waals surface area contributed by atoms with E-state index in [2.05, 4.69) is 29.3 Å². The first-order valence-electron chi connectivity index (χ1n) is 6.49. The van der Waals surface area contributed by atoms with Crippen molar-refractivity contribution < 1.29 is 9.53 Å². The number of aryl methyl sites for hydroxylation is 1. The highest BCUT2D eigenvalue weighted by Crippen LogP contribution is 2.25. The van der Waals surface area contributed by atoms with Crippen LogP contribution in [0, 0.1) is 6.92 Å². The number of carbonyl (C=O) groups is 1. The molecule has 1 amide bonds. The minimum Gasteiger partial charge on any atom is -0.381 e. The summed E-state index contributed by atoms with van der Waals surface area (Å²) in [6, 6.07) is 0. The number of nitrogens with zero attached hydrogens (tertiary/aromatic N) is 2. The first-order valence-corrected chi connectivity index (χ1v) is 7.37. The summed E-state index contributed by atoms with van der Waals surface area (Å²) in [6.07, 6.45) is 1.88. The van der Waals surface area contributed by atoms with E-state index >= 15 is 0 Å². The second-order valence-corrected chi connectivity index (χ2v) is 6.23. The van der Waals surface area contributed by atoms with Crippen molar-refractivity contribution in [2.24, 2.45) is 0 Å². The summed E-state index contributed by atoms with van der Waals surface area (Å²) in [5, 5.41) is 5.73. The predicted molar refractivity (Wildman–Crippen MR) is 75.7 cm³/mol. The molecule has 1 N–H and O–H groups in total. The predicted octanol–water partition coefficient (Wildman–Crippen LogP) is 1.29. The molecule has 1 saturated heterocycles. The average Bonchev–Trinajstić information content (AvgIpc) is 2.83. The Kier molecular flexibility index (Phi) is 4.54. The molecule has 6 heteroatoms. The largest absolute Gasteiger partial charge is 0.381 e. The Bertz CT molecular complexity index is 439. The monoisotopic (exact) mass is 283 g/mol. The van der Waals surface area contributed by atoms with Crippen LogP contribution in [0.4, 0.5) is 0 Å². The normalized spacial score (nSPS) is 18.5. The molecule has 5 nitrogen and oxygen atoms in total.